The van der Waals surface area contributed by atoms with E-state index in [0.717, 1.165) is 42.4 Å². The molecular formula is C17H23N3O. The molecule has 21 heavy (non-hydrogen) atoms. The number of aromatic nitrogens is 1. The monoisotopic (exact) mass is 285 g/mol. The van der Waals surface area contributed by atoms with Crippen molar-refractivity contribution in [1.29, 1.82) is 0 Å². The smallest absolute Gasteiger partial charge is 0.239 e. The van der Waals surface area contributed by atoms with E-state index in [2.05, 4.69) is 18.0 Å². The Morgan fingerprint density at radius 1 is 1.48 bits per heavy atom. The predicted octanol–water partition coefficient (Wildman–Crippen LogP) is 2.30. The fraction of sp³-hybridized carbons (Fsp3) is 0.471. The van der Waals surface area contributed by atoms with Crippen molar-refractivity contribution in [2.75, 3.05) is 13.1 Å². The number of fused-ring (bicyclic) bond motifs is 1. The topological polar surface area (TPSA) is 62.1 Å². The highest BCUT2D eigenvalue weighted by Gasteiger charge is 2.28. The van der Waals surface area contributed by atoms with Gasteiger partial charge < -0.3 is 15.6 Å². The maximum atomic E-state index is 12.5. The van der Waals surface area contributed by atoms with Crippen LogP contribution in [0, 0.1) is 5.92 Å². The van der Waals surface area contributed by atoms with E-state index in [1.807, 2.05) is 29.3 Å². The first kappa shape index (κ1) is 14.1. The van der Waals surface area contributed by atoms with Crippen LogP contribution in [0.1, 0.15) is 25.3 Å². The van der Waals surface area contributed by atoms with Gasteiger partial charge in [-0.2, -0.15) is 0 Å². The normalized spacial score (nSPS) is 20.1. The van der Waals surface area contributed by atoms with E-state index in [9.17, 15) is 4.79 Å². The lowest BCUT2D eigenvalue weighted by molar-refractivity contribution is -0.131. The van der Waals surface area contributed by atoms with Gasteiger partial charge in [0.05, 0.1) is 6.04 Å². The Hall–Kier alpha value is -1.81. The van der Waals surface area contributed by atoms with Gasteiger partial charge in [-0.1, -0.05) is 31.5 Å². The summed E-state index contributed by atoms with van der Waals surface area (Å²) in [4.78, 5) is 17.6. The number of nitrogens with two attached hydrogens (primary N) is 1. The summed E-state index contributed by atoms with van der Waals surface area (Å²) < 4.78 is 0. The van der Waals surface area contributed by atoms with E-state index in [-0.39, 0.29) is 5.91 Å². The minimum atomic E-state index is -0.445. The van der Waals surface area contributed by atoms with E-state index < -0.39 is 6.04 Å². The maximum Gasteiger partial charge on any atom is 0.239 e. The largest absolute Gasteiger partial charge is 0.361 e. The molecule has 2 heterocycles. The van der Waals surface area contributed by atoms with Gasteiger partial charge in [-0.25, -0.2) is 0 Å². The van der Waals surface area contributed by atoms with Crippen LogP contribution in [0.15, 0.2) is 30.5 Å². The second-order valence-corrected chi connectivity index (χ2v) is 6.02. The van der Waals surface area contributed by atoms with E-state index in [1.165, 1.54) is 0 Å². The molecule has 2 atom stereocenters. The van der Waals surface area contributed by atoms with Crippen LogP contribution in [0.4, 0.5) is 0 Å². The highest BCUT2D eigenvalue weighted by molar-refractivity contribution is 5.86. The van der Waals surface area contributed by atoms with Crippen LogP contribution >= 0.6 is 0 Å². The molecule has 0 aliphatic carbocycles. The molecule has 112 valence electrons. The number of rotatable bonds is 4. The third-order valence-corrected chi connectivity index (χ3v) is 4.61. The molecule has 0 spiro atoms. The zero-order valence-corrected chi connectivity index (χ0v) is 12.5. The lowest BCUT2D eigenvalue weighted by Crippen LogP contribution is -2.43. The van der Waals surface area contributed by atoms with Crippen LogP contribution in [0.2, 0.25) is 0 Å². The first-order valence-corrected chi connectivity index (χ1v) is 7.78. The Kier molecular flexibility index (Phi) is 3.97. The summed E-state index contributed by atoms with van der Waals surface area (Å²) >= 11 is 0. The number of benzene rings is 1. The van der Waals surface area contributed by atoms with Crippen LogP contribution < -0.4 is 5.73 Å². The summed E-state index contributed by atoms with van der Waals surface area (Å²) in [5.41, 5.74) is 8.38. The van der Waals surface area contributed by atoms with Gasteiger partial charge in [0.1, 0.15) is 0 Å². The van der Waals surface area contributed by atoms with Gasteiger partial charge in [-0.05, 0) is 30.4 Å². The molecule has 1 amide bonds. The zero-order chi connectivity index (χ0) is 14.8. The van der Waals surface area contributed by atoms with Crippen LogP contribution in [0.25, 0.3) is 10.9 Å². The maximum absolute atomic E-state index is 12.5. The van der Waals surface area contributed by atoms with E-state index in [1.54, 1.807) is 0 Å². The number of carbonyl (C=O) groups excluding carboxylic acids is 1. The molecule has 1 aliphatic rings. The average molecular weight is 285 g/mol. The van der Waals surface area contributed by atoms with Crippen molar-refractivity contribution in [2.24, 2.45) is 11.7 Å². The van der Waals surface area contributed by atoms with E-state index >= 15 is 0 Å². The quantitative estimate of drug-likeness (QED) is 0.905. The van der Waals surface area contributed by atoms with Gasteiger partial charge in [0.15, 0.2) is 0 Å². The molecule has 1 aromatic carbocycles. The van der Waals surface area contributed by atoms with Crippen molar-refractivity contribution in [2.45, 2.75) is 32.2 Å². The van der Waals surface area contributed by atoms with Gasteiger partial charge in [0, 0.05) is 30.2 Å². The molecule has 0 radical (unpaired) electrons. The highest BCUT2D eigenvalue weighted by atomic mass is 16.2. The first-order chi connectivity index (χ1) is 10.2. The van der Waals surface area contributed by atoms with Crippen molar-refractivity contribution in [3.63, 3.8) is 0 Å². The Morgan fingerprint density at radius 2 is 2.29 bits per heavy atom. The lowest BCUT2D eigenvalue weighted by Gasteiger charge is -2.20. The number of hydrogen-bond acceptors (Lipinski definition) is 2. The van der Waals surface area contributed by atoms with E-state index in [0.29, 0.717) is 12.3 Å². The molecule has 4 nitrogen and oxygen atoms in total. The number of hydrogen-bond donors (Lipinski definition) is 2. The highest BCUT2D eigenvalue weighted by Crippen LogP contribution is 2.22. The predicted molar refractivity (Wildman–Crippen MR) is 85.0 cm³/mol. The number of likely N-dealkylation sites (tertiary alicyclic amines) is 1. The Balaban J connectivity index is 1.68. The number of nitrogens with zero attached hydrogens (tertiary/aromatic N) is 1. The Morgan fingerprint density at radius 3 is 3.05 bits per heavy atom. The minimum absolute atomic E-state index is 0.0937. The standard InChI is InChI=1S/C17H23N3O/c1-2-12-7-8-20(11-12)17(21)15(18)9-13-10-19-16-6-4-3-5-14(13)16/h3-6,10,12,15,19H,2,7-9,11,18H2,1H3. The molecule has 2 aromatic rings. The summed E-state index contributed by atoms with van der Waals surface area (Å²) in [5, 5.41) is 1.16. The summed E-state index contributed by atoms with van der Waals surface area (Å²) in [6.07, 6.45) is 4.82. The number of nitrogens with one attached hydrogen (secondary N) is 1. The molecule has 1 aromatic heterocycles. The molecule has 1 saturated heterocycles. The molecule has 4 heteroatoms. The van der Waals surface area contributed by atoms with Gasteiger partial charge in [0.25, 0.3) is 0 Å². The third kappa shape index (κ3) is 2.81. The number of H-pyrrole nitrogens is 1. The molecule has 1 aliphatic heterocycles. The fourth-order valence-corrected chi connectivity index (χ4v) is 3.23. The molecule has 3 N–H and O–H groups in total. The Bertz CT molecular complexity index is 634. The third-order valence-electron chi connectivity index (χ3n) is 4.61. The van der Waals surface area contributed by atoms with Gasteiger partial charge in [-0.3, -0.25) is 4.79 Å². The average Bonchev–Trinajstić information content (AvgIpc) is 3.14. The van der Waals surface area contributed by atoms with Crippen LogP contribution in [0.3, 0.4) is 0 Å². The molecular weight excluding hydrogens is 262 g/mol. The number of para-hydroxylation sites is 1. The van der Waals surface area contributed by atoms with Crippen LogP contribution in [-0.2, 0) is 11.2 Å². The Labute approximate surface area is 125 Å². The fourth-order valence-electron chi connectivity index (χ4n) is 3.23. The summed E-state index contributed by atoms with van der Waals surface area (Å²) in [6, 6.07) is 7.68. The first-order valence-electron chi connectivity index (χ1n) is 7.78. The summed E-state index contributed by atoms with van der Waals surface area (Å²) in [5.74, 6) is 0.741. The molecule has 1 fully saturated rings. The zero-order valence-electron chi connectivity index (χ0n) is 12.5. The van der Waals surface area contributed by atoms with Crippen molar-refractivity contribution >= 4 is 16.8 Å². The second kappa shape index (κ2) is 5.90. The van der Waals surface area contributed by atoms with Crippen molar-refractivity contribution in [3.05, 3.63) is 36.0 Å². The van der Waals surface area contributed by atoms with Crippen molar-refractivity contribution < 1.29 is 4.79 Å². The minimum Gasteiger partial charge on any atom is -0.361 e. The second-order valence-electron chi connectivity index (χ2n) is 6.02. The number of amides is 1. The molecule has 0 bridgehead atoms. The van der Waals surface area contributed by atoms with Gasteiger partial charge in [0.2, 0.25) is 5.91 Å². The number of aromatic amines is 1. The molecule has 2 unspecified atom stereocenters. The number of carbonyl (C=O) groups is 1. The summed E-state index contributed by atoms with van der Waals surface area (Å²) in [6.45, 7) is 3.92. The summed E-state index contributed by atoms with van der Waals surface area (Å²) in [7, 11) is 0. The SMILES string of the molecule is CCC1CCN(C(=O)C(N)Cc2c[nH]c3ccccc23)C1. The van der Waals surface area contributed by atoms with Crippen molar-refractivity contribution in [1.82, 2.24) is 9.88 Å². The van der Waals surface area contributed by atoms with Crippen LogP contribution in [0.5, 0.6) is 0 Å². The van der Waals surface area contributed by atoms with E-state index in [4.69, 9.17) is 5.73 Å². The van der Waals surface area contributed by atoms with Gasteiger partial charge >= 0.3 is 0 Å². The van der Waals surface area contributed by atoms with Crippen LogP contribution in [-0.4, -0.2) is 34.9 Å². The van der Waals surface area contributed by atoms with Gasteiger partial charge in [-0.15, -0.1) is 0 Å². The molecule has 3 rings (SSSR count). The van der Waals surface area contributed by atoms with Crippen molar-refractivity contribution in [3.8, 4) is 0 Å². The lowest BCUT2D eigenvalue weighted by atomic mass is 10.0. The molecule has 0 saturated carbocycles.